The monoisotopic (exact) mass is 415 g/mol. The van der Waals surface area contributed by atoms with Gasteiger partial charge in [0.05, 0.1) is 17.8 Å². The van der Waals surface area contributed by atoms with E-state index in [-0.39, 0.29) is 30.7 Å². The van der Waals surface area contributed by atoms with E-state index in [4.69, 9.17) is 14.0 Å². The highest BCUT2D eigenvalue weighted by molar-refractivity contribution is 5.94. The van der Waals surface area contributed by atoms with Gasteiger partial charge < -0.3 is 24.2 Å². The number of likely N-dealkylation sites (N-methyl/N-ethyl adjacent to an activating group) is 1. The Bertz CT molecular complexity index is 915. The minimum atomic E-state index is -0.687. The maximum Gasteiger partial charge on any atom is 0.342 e. The van der Waals surface area contributed by atoms with E-state index in [0.717, 1.165) is 18.4 Å². The zero-order valence-corrected chi connectivity index (χ0v) is 17.3. The Morgan fingerprint density at radius 2 is 1.97 bits per heavy atom. The van der Waals surface area contributed by atoms with Crippen LogP contribution in [0.5, 0.6) is 5.75 Å². The number of hydrogen-bond acceptors (Lipinski definition) is 7. The predicted octanol–water partition coefficient (Wildman–Crippen LogP) is 1.76. The van der Waals surface area contributed by atoms with Crippen LogP contribution in [-0.2, 0) is 20.9 Å². The molecular formula is C21H25N3O6. The molecule has 9 heteroatoms. The molecule has 30 heavy (non-hydrogen) atoms. The number of nitrogens with one attached hydrogen (secondary N) is 1. The number of rotatable bonds is 9. The van der Waals surface area contributed by atoms with Crippen LogP contribution >= 0.6 is 0 Å². The topological polar surface area (TPSA) is 111 Å². The average Bonchev–Trinajstić information content (AvgIpc) is 3.48. The largest absolute Gasteiger partial charge is 0.488 e. The van der Waals surface area contributed by atoms with Gasteiger partial charge in [0.2, 0.25) is 5.91 Å². The van der Waals surface area contributed by atoms with Crippen LogP contribution in [0, 0.1) is 13.8 Å². The second-order valence-corrected chi connectivity index (χ2v) is 7.26. The minimum absolute atomic E-state index is 0.0793. The Balaban J connectivity index is 1.53. The van der Waals surface area contributed by atoms with E-state index in [0.29, 0.717) is 17.2 Å². The number of benzene rings is 1. The third-order valence-corrected chi connectivity index (χ3v) is 4.74. The van der Waals surface area contributed by atoms with Gasteiger partial charge in [0.15, 0.2) is 6.61 Å². The van der Waals surface area contributed by atoms with Gasteiger partial charge in [-0.1, -0.05) is 17.3 Å². The van der Waals surface area contributed by atoms with Gasteiger partial charge >= 0.3 is 5.97 Å². The molecular weight excluding hydrogens is 390 g/mol. The SMILES string of the molecule is Cc1noc(C)c1COc1ccccc1C(=O)OCC(=O)N(C)CC(=O)NC1CC1. The first-order chi connectivity index (χ1) is 14.3. The van der Waals surface area contributed by atoms with E-state index >= 15 is 0 Å². The van der Waals surface area contributed by atoms with Gasteiger partial charge in [-0.15, -0.1) is 0 Å². The minimum Gasteiger partial charge on any atom is -0.488 e. The van der Waals surface area contributed by atoms with Crippen LogP contribution in [0.3, 0.4) is 0 Å². The van der Waals surface area contributed by atoms with Gasteiger partial charge in [0.1, 0.15) is 23.7 Å². The summed E-state index contributed by atoms with van der Waals surface area (Å²) >= 11 is 0. The summed E-state index contributed by atoms with van der Waals surface area (Å²) in [4.78, 5) is 37.7. The van der Waals surface area contributed by atoms with Crippen LogP contribution in [-0.4, -0.2) is 54.1 Å². The Kier molecular flexibility index (Phi) is 6.71. The molecule has 1 aromatic heterocycles. The van der Waals surface area contributed by atoms with Crippen LogP contribution < -0.4 is 10.1 Å². The molecule has 0 aliphatic heterocycles. The molecule has 9 nitrogen and oxygen atoms in total. The summed E-state index contributed by atoms with van der Waals surface area (Å²) in [5.41, 5.74) is 1.72. The fourth-order valence-corrected chi connectivity index (χ4v) is 2.74. The number of hydrogen-bond donors (Lipinski definition) is 1. The standard InChI is InChI=1S/C21H25N3O6/c1-13-17(14(2)30-23-13)11-28-18-7-5-4-6-16(18)21(27)29-12-20(26)24(3)10-19(25)22-15-8-9-15/h4-7,15H,8-12H2,1-3H3,(H,22,25). The van der Waals surface area contributed by atoms with Crippen molar-refractivity contribution < 1.29 is 28.4 Å². The Morgan fingerprint density at radius 1 is 1.23 bits per heavy atom. The normalized spacial score (nSPS) is 12.9. The van der Waals surface area contributed by atoms with Gasteiger partial charge in [0, 0.05) is 13.1 Å². The third kappa shape index (κ3) is 5.59. The Labute approximate surface area is 174 Å². The van der Waals surface area contributed by atoms with Crippen molar-refractivity contribution >= 4 is 17.8 Å². The highest BCUT2D eigenvalue weighted by Crippen LogP contribution is 2.22. The molecule has 1 aliphatic carbocycles. The molecule has 2 aromatic rings. The molecule has 2 amide bonds. The van der Waals surface area contributed by atoms with Gasteiger partial charge in [-0.2, -0.15) is 0 Å². The van der Waals surface area contributed by atoms with E-state index in [2.05, 4.69) is 10.5 Å². The first-order valence-electron chi connectivity index (χ1n) is 9.69. The van der Waals surface area contributed by atoms with Crippen molar-refractivity contribution in [2.45, 2.75) is 39.3 Å². The molecule has 1 N–H and O–H groups in total. The molecule has 1 aliphatic rings. The van der Waals surface area contributed by atoms with Crippen molar-refractivity contribution in [1.82, 2.24) is 15.4 Å². The van der Waals surface area contributed by atoms with Crippen LogP contribution in [0.25, 0.3) is 0 Å². The average molecular weight is 415 g/mol. The predicted molar refractivity (Wildman–Crippen MR) is 106 cm³/mol. The summed E-state index contributed by atoms with van der Waals surface area (Å²) in [6.07, 6.45) is 1.94. The van der Waals surface area contributed by atoms with Crippen molar-refractivity contribution in [3.8, 4) is 5.75 Å². The number of carbonyl (C=O) groups excluding carboxylic acids is 3. The lowest BCUT2D eigenvalue weighted by atomic mass is 10.2. The highest BCUT2D eigenvalue weighted by Gasteiger charge is 2.25. The number of para-hydroxylation sites is 1. The quantitative estimate of drug-likeness (QED) is 0.621. The molecule has 1 saturated carbocycles. The summed E-state index contributed by atoms with van der Waals surface area (Å²) in [7, 11) is 1.49. The number of carbonyl (C=O) groups is 3. The van der Waals surface area contributed by atoms with Crippen LogP contribution in [0.4, 0.5) is 0 Å². The fraction of sp³-hybridized carbons (Fsp3) is 0.429. The van der Waals surface area contributed by atoms with Crippen molar-refractivity contribution in [2.24, 2.45) is 0 Å². The van der Waals surface area contributed by atoms with Gasteiger partial charge in [-0.3, -0.25) is 9.59 Å². The van der Waals surface area contributed by atoms with Gasteiger partial charge in [-0.25, -0.2) is 4.79 Å². The van der Waals surface area contributed by atoms with Crippen molar-refractivity contribution in [3.63, 3.8) is 0 Å². The molecule has 3 rings (SSSR count). The second kappa shape index (κ2) is 9.43. The first-order valence-corrected chi connectivity index (χ1v) is 9.69. The van der Waals surface area contributed by atoms with Crippen molar-refractivity contribution in [1.29, 1.82) is 0 Å². The van der Waals surface area contributed by atoms with E-state index in [1.807, 2.05) is 6.92 Å². The zero-order valence-electron chi connectivity index (χ0n) is 17.3. The fourth-order valence-electron chi connectivity index (χ4n) is 2.74. The smallest absolute Gasteiger partial charge is 0.342 e. The summed E-state index contributed by atoms with van der Waals surface area (Å²) < 4.78 is 16.0. The van der Waals surface area contributed by atoms with E-state index in [9.17, 15) is 14.4 Å². The lowest BCUT2D eigenvalue weighted by Crippen LogP contribution is -2.40. The molecule has 0 radical (unpaired) electrons. The van der Waals surface area contributed by atoms with Crippen LogP contribution in [0.2, 0.25) is 0 Å². The van der Waals surface area contributed by atoms with Gasteiger partial charge in [0.25, 0.3) is 5.91 Å². The van der Waals surface area contributed by atoms with Crippen molar-refractivity contribution in [3.05, 3.63) is 46.8 Å². The molecule has 0 saturated heterocycles. The van der Waals surface area contributed by atoms with E-state index < -0.39 is 18.5 Å². The number of aryl methyl sites for hydroxylation is 2. The van der Waals surface area contributed by atoms with Gasteiger partial charge in [-0.05, 0) is 38.8 Å². The highest BCUT2D eigenvalue weighted by atomic mass is 16.5. The number of ether oxygens (including phenoxy) is 2. The number of nitrogens with zero attached hydrogens (tertiary/aromatic N) is 2. The summed E-state index contributed by atoms with van der Waals surface area (Å²) in [6.45, 7) is 3.23. The number of amides is 2. The summed E-state index contributed by atoms with van der Waals surface area (Å²) in [5, 5.41) is 6.68. The lowest BCUT2D eigenvalue weighted by Gasteiger charge is -2.17. The lowest BCUT2D eigenvalue weighted by molar-refractivity contribution is -0.137. The molecule has 160 valence electrons. The van der Waals surface area contributed by atoms with E-state index in [1.54, 1.807) is 31.2 Å². The van der Waals surface area contributed by atoms with E-state index in [1.165, 1.54) is 11.9 Å². The van der Waals surface area contributed by atoms with Crippen molar-refractivity contribution in [2.75, 3.05) is 20.2 Å². The molecule has 1 fully saturated rings. The Hall–Kier alpha value is -3.36. The second-order valence-electron chi connectivity index (χ2n) is 7.26. The molecule has 1 heterocycles. The molecule has 0 atom stereocenters. The summed E-state index contributed by atoms with van der Waals surface area (Å²) in [5.74, 6) is -0.409. The molecule has 0 spiro atoms. The molecule has 0 unspecified atom stereocenters. The summed E-state index contributed by atoms with van der Waals surface area (Å²) in [6, 6.07) is 6.83. The maximum absolute atomic E-state index is 12.5. The van der Waals surface area contributed by atoms with Crippen LogP contribution in [0.1, 0.15) is 40.2 Å². The number of aromatic nitrogens is 1. The molecule has 0 bridgehead atoms. The molecule has 1 aromatic carbocycles. The third-order valence-electron chi connectivity index (χ3n) is 4.74. The Morgan fingerprint density at radius 3 is 2.63 bits per heavy atom. The maximum atomic E-state index is 12.5. The van der Waals surface area contributed by atoms with Crippen LogP contribution in [0.15, 0.2) is 28.8 Å². The zero-order chi connectivity index (χ0) is 21.7. The number of esters is 1. The first kappa shape index (κ1) is 21.4.